The predicted molar refractivity (Wildman–Crippen MR) is 106 cm³/mol. The molecule has 0 radical (unpaired) electrons. The van der Waals surface area contributed by atoms with E-state index in [4.69, 9.17) is 0 Å². The zero-order valence-corrected chi connectivity index (χ0v) is 21.1. The molecule has 0 amide bonds. The van der Waals surface area contributed by atoms with Crippen molar-refractivity contribution in [3.63, 3.8) is 0 Å². The Morgan fingerprint density at radius 1 is 1.00 bits per heavy atom. The maximum absolute atomic E-state index is 12.3. The molecule has 7 nitrogen and oxygen atoms in total. The maximum Gasteiger partial charge on any atom is 0.242 e. The molecule has 0 spiro atoms. The zero-order chi connectivity index (χ0) is 19.4. The van der Waals surface area contributed by atoms with Gasteiger partial charge in [0.05, 0.1) is 4.90 Å². The Labute approximate surface area is 159 Å². The minimum Gasteiger partial charge on any atom is -0.353 e. The molecule has 0 aliphatic rings. The summed E-state index contributed by atoms with van der Waals surface area (Å²) in [6.07, 6.45) is 1.65. The maximum atomic E-state index is 12.3. The fraction of sp³-hybridized carbons (Fsp3) is 0.158. The van der Waals surface area contributed by atoms with E-state index in [2.05, 4.69) is 21.4 Å². The van der Waals surface area contributed by atoms with Crippen molar-refractivity contribution in [3.8, 4) is 0 Å². The molecule has 0 fully saturated rings. The molecule has 0 unspecified atom stereocenters. The molecule has 0 bridgehead atoms. The minimum absolute atomic E-state index is 0. The van der Waals surface area contributed by atoms with Gasteiger partial charge in [-0.25, -0.2) is 17.7 Å². The van der Waals surface area contributed by atoms with E-state index in [9.17, 15) is 8.42 Å². The van der Waals surface area contributed by atoms with Crippen molar-refractivity contribution in [2.45, 2.75) is 4.90 Å². The number of nitrogens with zero attached hydrogens (tertiary/aromatic N) is 4. The van der Waals surface area contributed by atoms with Crippen LogP contribution >= 0.6 is 0 Å². The monoisotopic (exact) mass is 900 g/mol. The Morgan fingerprint density at radius 3 is 2.34 bits per heavy atom. The van der Waals surface area contributed by atoms with E-state index in [-0.39, 0.29) is 4.90 Å². The second-order valence-corrected chi connectivity index (χ2v) is 8.15. The minimum atomic E-state index is -3.51. The molecule has 0 aliphatic heterocycles. The van der Waals surface area contributed by atoms with Crippen LogP contribution in [0.4, 0.5) is 23.1 Å². The van der Waals surface area contributed by atoms with Crippen molar-refractivity contribution in [1.82, 2.24) is 14.3 Å². The number of anilines is 4. The molecule has 10 heteroatoms. The summed E-state index contributed by atoms with van der Waals surface area (Å²) in [6, 6.07) is 18.9. The Bertz CT molecular complexity index is 1030. The van der Waals surface area contributed by atoms with E-state index in [0.717, 1.165) is 5.69 Å². The van der Waals surface area contributed by atoms with E-state index in [1.165, 1.54) is 18.4 Å². The summed E-state index contributed by atoms with van der Waals surface area (Å²) < 4.78 is 25.8. The van der Waals surface area contributed by atoms with E-state index in [1.807, 2.05) is 36.2 Å². The van der Waals surface area contributed by atoms with Crippen LogP contribution in [0.2, 0.25) is 0 Å². The van der Waals surface area contributed by atoms with Gasteiger partial charge in [-0.05, 0) is 24.3 Å². The Morgan fingerprint density at radius 2 is 1.69 bits per heavy atom. The van der Waals surface area contributed by atoms with Crippen LogP contribution in [0, 0.1) is 6.07 Å². The third-order valence-electron chi connectivity index (χ3n) is 3.94. The molecule has 0 saturated carbocycles. The van der Waals surface area contributed by atoms with Crippen LogP contribution in [0.1, 0.15) is 0 Å². The first-order chi connectivity index (χ1) is 12.9. The van der Waals surface area contributed by atoms with E-state index < -0.39 is 10.0 Å². The van der Waals surface area contributed by atoms with Gasteiger partial charge in [0, 0.05) is 33.0 Å². The first-order valence-corrected chi connectivity index (χ1v) is 9.64. The molecule has 2 aromatic carbocycles. The summed E-state index contributed by atoms with van der Waals surface area (Å²) in [5.74, 6) is 1.08. The summed E-state index contributed by atoms with van der Waals surface area (Å²) in [7, 11) is 1.40. The van der Waals surface area contributed by atoms with Gasteiger partial charge in [-0.15, -0.1) is 12.1 Å². The van der Waals surface area contributed by atoms with Crippen molar-refractivity contribution < 1.29 is 8.42 Å². The number of nitrogens with one attached hydrogen (secondary N) is 1. The topological polar surface area (TPSA) is 78.4 Å². The van der Waals surface area contributed by atoms with Gasteiger partial charge in [0.15, 0.2) is 0 Å². The molecule has 1 N–H and O–H groups in total. The molecular formula is C19H20N5No2O2S-. The van der Waals surface area contributed by atoms with Crippen molar-refractivity contribution in [2.24, 2.45) is 0 Å². The third kappa shape index (κ3) is 4.60. The van der Waals surface area contributed by atoms with Crippen LogP contribution in [-0.4, -0.2) is 43.8 Å². The average Bonchev–Trinajstić information content (AvgIpc) is 2.68. The fourth-order valence-electron chi connectivity index (χ4n) is 2.40. The molecular weight excluding hydrogens is 880 g/mol. The Hall–Kier alpha value is -4.97. The first kappa shape index (κ1) is 22.1. The summed E-state index contributed by atoms with van der Waals surface area (Å²) in [5.41, 5.74) is 1.56. The summed E-state index contributed by atoms with van der Waals surface area (Å²) in [4.78, 5) is 10.9. The van der Waals surface area contributed by atoms with Crippen molar-refractivity contribution >= 4 is 33.2 Å². The molecule has 168 valence electrons. The number of sulfonamides is 1. The predicted octanol–water partition coefficient (Wildman–Crippen LogP) is 3.04. The van der Waals surface area contributed by atoms with Gasteiger partial charge < -0.3 is 10.2 Å². The van der Waals surface area contributed by atoms with Crippen molar-refractivity contribution in [2.75, 3.05) is 31.4 Å². The second kappa shape index (κ2) is 8.61. The van der Waals surface area contributed by atoms with Gasteiger partial charge in [-0.1, -0.05) is 11.8 Å². The Kier molecular flexibility index (Phi) is 6.55. The number of benzene rings is 2. The van der Waals surface area contributed by atoms with Gasteiger partial charge in [-0.2, -0.15) is 23.2 Å². The van der Waals surface area contributed by atoms with Crippen LogP contribution < -0.4 is 10.2 Å². The quantitative estimate of drug-likeness (QED) is 0.384. The molecule has 0 atom stereocenters. The fourth-order valence-corrected chi connectivity index (χ4v) is 3.35. The van der Waals surface area contributed by atoms with Crippen LogP contribution in [-0.2, 0) is 10.0 Å². The molecule has 1 aromatic heterocycles. The van der Waals surface area contributed by atoms with Gasteiger partial charge in [0.2, 0.25) is 16.0 Å². The number of rotatable bonds is 6. The molecule has 0 saturated heterocycles. The van der Waals surface area contributed by atoms with Crippen LogP contribution in [0.15, 0.2) is 65.7 Å². The van der Waals surface area contributed by atoms with Crippen LogP contribution in [0.3, 0.4) is 0 Å². The van der Waals surface area contributed by atoms with Gasteiger partial charge in [0.25, 0.3) is 0 Å². The number of hydrogen-bond acceptors (Lipinski definition) is 6. The molecule has 3 rings (SSSR count). The third-order valence-corrected chi connectivity index (χ3v) is 5.75. The van der Waals surface area contributed by atoms with Gasteiger partial charge >= 0.3 is 0 Å². The zero-order valence-electron chi connectivity index (χ0n) is 15.8. The second-order valence-electron chi connectivity index (χ2n) is 6.00. The summed E-state index contributed by atoms with van der Waals surface area (Å²) in [5, 5.41) is 3.06. The van der Waals surface area contributed by atoms with Gasteiger partial charge in [-0.3, -0.25) is 0 Å². The van der Waals surface area contributed by atoms with Crippen LogP contribution in [0.25, 0.3) is 0 Å². The standard InChI is InChI=1S/C19H20N5O2S.2No/c1-23(2)27(25,26)17-11-7-8-15(14-17)21-19-20-13-12-18(22-19)24(3)16-9-5-4-6-10-16;;/h5-14H,1-3H3,(H,20,21,22);;/q-1;;. The SMILES string of the molecule is CN(c1cc[c-]cc1)c1ccnc(Nc2cccc(S(=O)(=O)N(C)C)c2)n1.[No].[No]. The van der Waals surface area contributed by atoms with Crippen LogP contribution in [0.5, 0.6) is 0 Å². The van der Waals surface area contributed by atoms with E-state index >= 15 is 0 Å². The number of hydrogen-bond donors (Lipinski definition) is 1. The summed E-state index contributed by atoms with van der Waals surface area (Å²) in [6.45, 7) is 0. The molecule has 0 aliphatic carbocycles. The normalized spacial score (nSPS) is 10.6. The molecule has 3 aromatic rings. The first-order valence-electron chi connectivity index (χ1n) is 8.20. The Balaban J connectivity index is 0.00000210. The van der Waals surface area contributed by atoms with E-state index in [1.54, 1.807) is 36.5 Å². The summed E-state index contributed by atoms with van der Waals surface area (Å²) >= 11 is 0. The number of aromatic nitrogens is 2. The smallest absolute Gasteiger partial charge is 0.242 e. The average molecular weight is 900 g/mol. The van der Waals surface area contributed by atoms with Crippen molar-refractivity contribution in [1.29, 1.82) is 0 Å². The van der Waals surface area contributed by atoms with E-state index in [0.29, 0.717) is 17.5 Å². The van der Waals surface area contributed by atoms with Crippen molar-refractivity contribution in [3.05, 3.63) is 66.9 Å². The largest absolute Gasteiger partial charge is 0.353 e. The molecule has 29 heavy (non-hydrogen) atoms. The molecule has 1 heterocycles. The van der Waals surface area contributed by atoms with Gasteiger partial charge in [0.1, 0.15) is 5.82 Å².